The van der Waals surface area contributed by atoms with Crippen LogP contribution in [-0.2, 0) is 23.7 Å². The van der Waals surface area contributed by atoms with Gasteiger partial charge in [0.15, 0.2) is 5.79 Å². The minimum Gasteiger partial charge on any atom is -0.462 e. The molecular weight excluding hydrogens is 560 g/mol. The van der Waals surface area contributed by atoms with E-state index in [4.69, 9.17) is 18.9 Å². The molecule has 0 aromatic rings. The van der Waals surface area contributed by atoms with Crippen molar-refractivity contribution in [2.75, 3.05) is 6.61 Å². The van der Waals surface area contributed by atoms with Crippen LogP contribution in [0.4, 0.5) is 0 Å². The molecule has 5 aliphatic rings. The van der Waals surface area contributed by atoms with E-state index in [1.165, 1.54) is 5.57 Å². The predicted octanol–water partition coefficient (Wildman–Crippen LogP) is 5.09. The molecular formula is C36H52O8. The molecule has 8 heteroatoms. The van der Waals surface area contributed by atoms with Gasteiger partial charge < -0.3 is 34.3 Å². The van der Waals surface area contributed by atoms with Gasteiger partial charge in [0.25, 0.3) is 0 Å². The molecule has 1 aliphatic carbocycles. The van der Waals surface area contributed by atoms with E-state index >= 15 is 0 Å². The first-order chi connectivity index (χ1) is 20.7. The molecule has 3 N–H and O–H groups in total. The van der Waals surface area contributed by atoms with E-state index < -0.39 is 47.7 Å². The van der Waals surface area contributed by atoms with E-state index in [1.54, 1.807) is 13.0 Å². The van der Waals surface area contributed by atoms with Gasteiger partial charge in [0.2, 0.25) is 0 Å². The molecule has 244 valence electrons. The second-order valence-electron chi connectivity index (χ2n) is 14.4. The molecule has 8 nitrogen and oxygen atoms in total. The van der Waals surface area contributed by atoms with Crippen molar-refractivity contribution in [2.24, 2.45) is 23.7 Å². The molecule has 0 aromatic heterocycles. The van der Waals surface area contributed by atoms with E-state index in [9.17, 15) is 20.1 Å². The van der Waals surface area contributed by atoms with Crippen LogP contribution in [0.2, 0.25) is 0 Å². The Balaban J connectivity index is 1.52. The molecule has 0 unspecified atom stereocenters. The summed E-state index contributed by atoms with van der Waals surface area (Å²) in [5.74, 6) is -2.31. The predicted molar refractivity (Wildman–Crippen MR) is 167 cm³/mol. The van der Waals surface area contributed by atoms with Gasteiger partial charge in [0, 0.05) is 25.2 Å². The minimum atomic E-state index is -1.74. The van der Waals surface area contributed by atoms with Crippen LogP contribution in [0.5, 0.6) is 0 Å². The molecule has 0 aromatic carbocycles. The van der Waals surface area contributed by atoms with Crippen molar-refractivity contribution in [1.29, 1.82) is 0 Å². The van der Waals surface area contributed by atoms with Crippen molar-refractivity contribution in [2.45, 2.75) is 129 Å². The van der Waals surface area contributed by atoms with Crippen molar-refractivity contribution in [3.8, 4) is 0 Å². The highest BCUT2D eigenvalue weighted by atomic mass is 16.7. The van der Waals surface area contributed by atoms with Crippen LogP contribution in [0, 0.1) is 23.7 Å². The molecule has 2 bridgehead atoms. The lowest BCUT2D eigenvalue weighted by atomic mass is 9.71. The molecule has 44 heavy (non-hydrogen) atoms. The van der Waals surface area contributed by atoms with Crippen molar-refractivity contribution in [1.82, 2.24) is 0 Å². The number of ether oxygens (including phenoxy) is 4. The lowest BCUT2D eigenvalue weighted by Gasteiger charge is -2.51. The van der Waals surface area contributed by atoms with Gasteiger partial charge in [-0.15, -0.1) is 0 Å². The van der Waals surface area contributed by atoms with Crippen LogP contribution in [0.3, 0.4) is 0 Å². The summed E-state index contributed by atoms with van der Waals surface area (Å²) in [6.45, 7) is 14.4. The van der Waals surface area contributed by atoms with Gasteiger partial charge in [-0.2, -0.15) is 0 Å². The monoisotopic (exact) mass is 612 g/mol. The maximum absolute atomic E-state index is 14.0. The highest BCUT2D eigenvalue weighted by Gasteiger charge is 2.60. The smallest absolute Gasteiger partial charge is 0.316 e. The number of esters is 1. The molecule has 4 heterocycles. The molecule has 3 fully saturated rings. The van der Waals surface area contributed by atoms with Crippen LogP contribution in [0.1, 0.15) is 80.6 Å². The molecule has 4 aliphatic heterocycles. The first-order valence-electron chi connectivity index (χ1n) is 16.4. The zero-order chi connectivity index (χ0) is 32.0. The maximum atomic E-state index is 14.0. The first-order valence-corrected chi connectivity index (χ1v) is 16.4. The van der Waals surface area contributed by atoms with Gasteiger partial charge in [-0.05, 0) is 62.2 Å². The summed E-state index contributed by atoms with van der Waals surface area (Å²) in [4.78, 5) is 14.0. The molecule has 0 radical (unpaired) electrons. The number of carbonyl (C=O) groups excluding carboxylic acids is 1. The highest BCUT2D eigenvalue weighted by Crippen LogP contribution is 2.47. The second kappa shape index (κ2) is 13.0. The Hall–Kier alpha value is -2.07. The van der Waals surface area contributed by atoms with Gasteiger partial charge in [-0.3, -0.25) is 4.79 Å². The number of allylic oxidation sites excluding steroid dienone is 5. The normalized spacial score (nSPS) is 46.1. The molecule has 11 atom stereocenters. The van der Waals surface area contributed by atoms with Gasteiger partial charge >= 0.3 is 5.97 Å². The standard InChI is InChI=1S/C36H52O8/c1-20(2)13-24(6)32-25(7)30(37)18-35(44-32)17-28-16-27(43-35)12-11-22(4)14-21(3)9-8-10-26-19-41-33-31(38)23(5)15-29(34(39)42-28)36(26,33)40/h8-11,13,15,20-21,25,27-33,37-38,40H,12,14,16-19H2,1-7H3/b9-8?,22-11+,24-13+,26-10+/t21-,25-,27+,28-,29-,30-,31+,32+,33+,35-,36+/m0/s1. The van der Waals surface area contributed by atoms with E-state index in [2.05, 4.69) is 45.9 Å². The lowest BCUT2D eigenvalue weighted by Crippen LogP contribution is -2.59. The van der Waals surface area contributed by atoms with E-state index in [-0.39, 0.29) is 43.5 Å². The van der Waals surface area contributed by atoms with Crippen molar-refractivity contribution < 1.29 is 39.1 Å². The van der Waals surface area contributed by atoms with Crippen LogP contribution < -0.4 is 0 Å². The quantitative estimate of drug-likeness (QED) is 0.292. The van der Waals surface area contributed by atoms with Crippen LogP contribution in [0.15, 0.2) is 58.7 Å². The van der Waals surface area contributed by atoms with Gasteiger partial charge in [-0.1, -0.05) is 69.7 Å². The SMILES string of the molecule is CC1=C[C@H]2C(=O)O[C@H]3C[C@@H](C/C=C(\C)C[C@@H](C)C=C/C=C4\CO[C@H]([C@@H]1O)[C@@]42O)O[C@]1(C3)C[C@H](O)[C@H](C)[C@@H](/C(C)=C/C(C)C)O1. The van der Waals surface area contributed by atoms with Crippen molar-refractivity contribution >= 4 is 5.97 Å². The summed E-state index contributed by atoms with van der Waals surface area (Å²) in [7, 11) is 0. The highest BCUT2D eigenvalue weighted by molar-refractivity contribution is 5.78. The third kappa shape index (κ3) is 6.58. The fourth-order valence-electron chi connectivity index (χ4n) is 7.85. The Bertz CT molecular complexity index is 1240. The average molecular weight is 613 g/mol. The number of aliphatic hydroxyl groups is 3. The Labute approximate surface area is 262 Å². The van der Waals surface area contributed by atoms with E-state index in [1.807, 2.05) is 26.0 Å². The Kier molecular flexibility index (Phi) is 9.82. The minimum absolute atomic E-state index is 0.109. The van der Waals surface area contributed by atoms with Gasteiger partial charge in [0.05, 0.1) is 24.9 Å². The summed E-state index contributed by atoms with van der Waals surface area (Å²) in [6.07, 6.45) is 10.4. The summed E-state index contributed by atoms with van der Waals surface area (Å²) in [6, 6.07) is 0. The topological polar surface area (TPSA) is 115 Å². The number of carbonyl (C=O) groups is 1. The number of fused-ring (bicyclic) bond motifs is 2. The van der Waals surface area contributed by atoms with E-state index in [0.717, 1.165) is 12.0 Å². The van der Waals surface area contributed by atoms with Crippen molar-refractivity contribution in [3.05, 3.63) is 58.7 Å². The second-order valence-corrected chi connectivity index (χ2v) is 14.4. The fraction of sp³-hybridized carbons (Fsp3) is 0.694. The Morgan fingerprint density at radius 3 is 2.59 bits per heavy atom. The number of aliphatic hydroxyl groups excluding tert-OH is 2. The summed E-state index contributed by atoms with van der Waals surface area (Å²) < 4.78 is 25.7. The summed E-state index contributed by atoms with van der Waals surface area (Å²) >= 11 is 0. The Morgan fingerprint density at radius 2 is 1.86 bits per heavy atom. The first kappa shape index (κ1) is 33.3. The van der Waals surface area contributed by atoms with E-state index in [0.29, 0.717) is 29.9 Å². The van der Waals surface area contributed by atoms with Gasteiger partial charge in [-0.25, -0.2) is 0 Å². The maximum Gasteiger partial charge on any atom is 0.316 e. The average Bonchev–Trinajstić information content (AvgIpc) is 3.27. The number of hydrogen-bond acceptors (Lipinski definition) is 8. The molecule has 5 rings (SSSR count). The van der Waals surface area contributed by atoms with Crippen molar-refractivity contribution in [3.63, 3.8) is 0 Å². The molecule has 0 amide bonds. The largest absolute Gasteiger partial charge is 0.462 e. The third-order valence-corrected chi connectivity index (χ3v) is 10.1. The zero-order valence-corrected chi connectivity index (χ0v) is 27.4. The summed E-state index contributed by atoms with van der Waals surface area (Å²) in [5, 5.41) is 34.3. The molecule has 1 spiro atoms. The van der Waals surface area contributed by atoms with Crippen LogP contribution in [0.25, 0.3) is 0 Å². The van der Waals surface area contributed by atoms with Crippen LogP contribution in [-0.4, -0.2) is 75.9 Å². The fourth-order valence-corrected chi connectivity index (χ4v) is 7.85. The lowest BCUT2D eigenvalue weighted by molar-refractivity contribution is -0.342. The summed E-state index contributed by atoms with van der Waals surface area (Å²) in [5.41, 5.74) is 1.64. The number of rotatable bonds is 2. The molecule has 0 saturated carbocycles. The number of hydrogen-bond donors (Lipinski definition) is 3. The van der Waals surface area contributed by atoms with Crippen LogP contribution >= 0.6 is 0 Å². The Morgan fingerprint density at radius 1 is 1.11 bits per heavy atom. The van der Waals surface area contributed by atoms with Gasteiger partial charge in [0.1, 0.15) is 29.8 Å². The molecule has 3 saturated heterocycles. The third-order valence-electron chi connectivity index (χ3n) is 10.1. The zero-order valence-electron chi connectivity index (χ0n) is 27.4.